The van der Waals surface area contributed by atoms with Crippen LogP contribution in [0.3, 0.4) is 0 Å². The standard InChI is InChI=1S/C43H40N4O2/c1-30(42(48)46-28-26-45(27-29-46)39(31-16-6-3-7-17-31)32-18-8-4-9-19-32)47-41(34-22-12-13-23-35(34)43(47)49)38-36-24-14-15-25-37(36)44(2)40(38)33-20-10-5-11-21-33/h3-25,30,39,41H,26-29H2,1-2H3. The summed E-state index contributed by atoms with van der Waals surface area (Å²) >= 11 is 0. The zero-order valence-electron chi connectivity index (χ0n) is 27.9. The molecule has 6 heteroatoms. The monoisotopic (exact) mass is 644 g/mol. The van der Waals surface area contributed by atoms with Crippen LogP contribution in [-0.2, 0) is 11.8 Å². The van der Waals surface area contributed by atoms with E-state index in [1.54, 1.807) is 0 Å². The van der Waals surface area contributed by atoms with Gasteiger partial charge < -0.3 is 14.4 Å². The van der Waals surface area contributed by atoms with Crippen molar-refractivity contribution >= 4 is 22.7 Å². The van der Waals surface area contributed by atoms with Crippen molar-refractivity contribution in [3.05, 3.63) is 167 Å². The van der Waals surface area contributed by atoms with Gasteiger partial charge >= 0.3 is 0 Å². The number of para-hydroxylation sites is 1. The molecule has 0 spiro atoms. The van der Waals surface area contributed by atoms with Crippen LogP contribution >= 0.6 is 0 Å². The van der Waals surface area contributed by atoms with Crippen LogP contribution in [0.4, 0.5) is 0 Å². The maximum atomic E-state index is 14.5. The van der Waals surface area contributed by atoms with E-state index in [1.165, 1.54) is 11.1 Å². The van der Waals surface area contributed by atoms with Gasteiger partial charge in [0.1, 0.15) is 6.04 Å². The second-order valence-corrected chi connectivity index (χ2v) is 13.2. The summed E-state index contributed by atoms with van der Waals surface area (Å²) in [4.78, 5) is 35.2. The van der Waals surface area contributed by atoms with Crippen molar-refractivity contribution in [3.8, 4) is 11.3 Å². The first-order chi connectivity index (χ1) is 24.0. The minimum Gasteiger partial charge on any atom is -0.343 e. The fraction of sp³-hybridized carbons (Fsp3) is 0.209. The number of carbonyl (C=O) groups is 2. The SMILES string of the molecule is CC(C(=O)N1CCN(C(c2ccccc2)c2ccccc2)CC1)N1C(=O)c2ccccc2C1c1c(-c2ccccc2)n(C)c2ccccc12. The molecule has 2 atom stereocenters. The summed E-state index contributed by atoms with van der Waals surface area (Å²) in [6.07, 6.45) is 0. The van der Waals surface area contributed by atoms with E-state index < -0.39 is 12.1 Å². The fourth-order valence-corrected chi connectivity index (χ4v) is 8.14. The molecule has 1 saturated heterocycles. The number of nitrogens with zero attached hydrogens (tertiary/aromatic N) is 4. The quantitative estimate of drug-likeness (QED) is 0.179. The minimum absolute atomic E-state index is 0.0109. The molecular weight excluding hydrogens is 604 g/mol. The third kappa shape index (κ3) is 5.33. The Hall–Kier alpha value is -5.46. The summed E-state index contributed by atoms with van der Waals surface area (Å²) in [5.41, 5.74) is 8.38. The summed E-state index contributed by atoms with van der Waals surface area (Å²) in [6.45, 7) is 4.60. The summed E-state index contributed by atoms with van der Waals surface area (Å²) in [7, 11) is 2.09. The second kappa shape index (κ2) is 12.9. The Labute approximate surface area is 287 Å². The van der Waals surface area contributed by atoms with Gasteiger partial charge in [0.05, 0.1) is 17.8 Å². The van der Waals surface area contributed by atoms with Crippen LogP contribution in [0.15, 0.2) is 140 Å². The van der Waals surface area contributed by atoms with Crippen molar-refractivity contribution in [1.82, 2.24) is 19.3 Å². The van der Waals surface area contributed by atoms with Gasteiger partial charge in [-0.2, -0.15) is 0 Å². The van der Waals surface area contributed by atoms with Gasteiger partial charge in [-0.3, -0.25) is 14.5 Å². The van der Waals surface area contributed by atoms with Gasteiger partial charge in [0, 0.05) is 55.3 Å². The summed E-state index contributed by atoms with van der Waals surface area (Å²) in [6, 6.07) is 46.9. The molecule has 1 aromatic heterocycles. The van der Waals surface area contributed by atoms with Crippen molar-refractivity contribution in [2.45, 2.75) is 25.0 Å². The molecule has 3 heterocycles. The lowest BCUT2D eigenvalue weighted by Gasteiger charge is -2.41. The molecule has 0 radical (unpaired) electrons. The molecule has 2 aliphatic heterocycles. The molecular formula is C43H40N4O2. The number of hydrogen-bond donors (Lipinski definition) is 0. The van der Waals surface area contributed by atoms with Crippen molar-refractivity contribution in [2.24, 2.45) is 7.05 Å². The van der Waals surface area contributed by atoms with E-state index in [9.17, 15) is 9.59 Å². The summed E-state index contributed by atoms with van der Waals surface area (Å²) < 4.78 is 2.23. The van der Waals surface area contributed by atoms with Gasteiger partial charge in [0.15, 0.2) is 0 Å². The molecule has 0 aliphatic carbocycles. The third-order valence-electron chi connectivity index (χ3n) is 10.5. The first-order valence-electron chi connectivity index (χ1n) is 17.2. The van der Waals surface area contributed by atoms with E-state index in [0.29, 0.717) is 18.7 Å². The molecule has 0 saturated carbocycles. The lowest BCUT2D eigenvalue weighted by atomic mass is 9.92. The Kier molecular flexibility index (Phi) is 8.10. The van der Waals surface area contributed by atoms with E-state index in [-0.39, 0.29) is 17.9 Å². The molecule has 1 fully saturated rings. The maximum Gasteiger partial charge on any atom is 0.255 e. The largest absolute Gasteiger partial charge is 0.343 e. The number of carbonyl (C=O) groups excluding carboxylic acids is 2. The summed E-state index contributed by atoms with van der Waals surface area (Å²) in [5, 5.41) is 1.09. The molecule has 2 aliphatic rings. The number of benzene rings is 5. The average molecular weight is 645 g/mol. The molecule has 244 valence electrons. The molecule has 8 rings (SSSR count). The Morgan fingerprint density at radius 2 is 1.22 bits per heavy atom. The lowest BCUT2D eigenvalue weighted by molar-refractivity contribution is -0.138. The molecule has 6 aromatic rings. The van der Waals surface area contributed by atoms with Gasteiger partial charge in [-0.25, -0.2) is 0 Å². The topological polar surface area (TPSA) is 48.8 Å². The first-order valence-corrected chi connectivity index (χ1v) is 17.2. The predicted molar refractivity (Wildman–Crippen MR) is 195 cm³/mol. The second-order valence-electron chi connectivity index (χ2n) is 13.2. The van der Waals surface area contributed by atoms with Gasteiger partial charge in [-0.15, -0.1) is 0 Å². The van der Waals surface area contributed by atoms with Crippen LogP contribution in [0.5, 0.6) is 0 Å². The van der Waals surface area contributed by atoms with Gasteiger partial charge in [0.25, 0.3) is 5.91 Å². The van der Waals surface area contributed by atoms with Crippen molar-refractivity contribution in [3.63, 3.8) is 0 Å². The minimum atomic E-state index is -0.655. The predicted octanol–water partition coefficient (Wildman–Crippen LogP) is 7.71. The average Bonchev–Trinajstić information content (AvgIpc) is 3.62. The maximum absolute atomic E-state index is 14.5. The van der Waals surface area contributed by atoms with E-state index in [1.807, 2.05) is 53.1 Å². The zero-order valence-corrected chi connectivity index (χ0v) is 27.9. The van der Waals surface area contributed by atoms with Crippen molar-refractivity contribution in [2.75, 3.05) is 26.2 Å². The number of fused-ring (bicyclic) bond motifs is 2. The highest BCUT2D eigenvalue weighted by molar-refractivity contribution is 6.04. The van der Waals surface area contributed by atoms with Crippen molar-refractivity contribution in [1.29, 1.82) is 0 Å². The molecule has 49 heavy (non-hydrogen) atoms. The van der Waals surface area contributed by atoms with Crippen LogP contribution in [0, 0.1) is 0 Å². The molecule has 0 bridgehead atoms. The highest BCUT2D eigenvalue weighted by atomic mass is 16.2. The van der Waals surface area contributed by atoms with E-state index in [4.69, 9.17) is 0 Å². The number of amides is 2. The molecule has 2 unspecified atom stereocenters. The molecule has 5 aromatic carbocycles. The molecule has 2 amide bonds. The number of aromatic nitrogens is 1. The van der Waals surface area contributed by atoms with Gasteiger partial charge in [0.2, 0.25) is 5.91 Å². The first kappa shape index (κ1) is 30.8. The highest BCUT2D eigenvalue weighted by Crippen LogP contribution is 2.47. The van der Waals surface area contributed by atoms with E-state index in [0.717, 1.165) is 46.4 Å². The number of hydrogen-bond acceptors (Lipinski definition) is 3. The Morgan fingerprint density at radius 3 is 1.88 bits per heavy atom. The zero-order chi connectivity index (χ0) is 33.5. The number of piperazine rings is 1. The molecule has 6 nitrogen and oxygen atoms in total. The van der Waals surface area contributed by atoms with Crippen LogP contribution < -0.4 is 0 Å². The van der Waals surface area contributed by atoms with E-state index >= 15 is 0 Å². The van der Waals surface area contributed by atoms with Gasteiger partial charge in [-0.05, 0) is 41.3 Å². The van der Waals surface area contributed by atoms with Crippen LogP contribution in [0.25, 0.3) is 22.2 Å². The van der Waals surface area contributed by atoms with Crippen molar-refractivity contribution < 1.29 is 9.59 Å². The van der Waals surface area contributed by atoms with Crippen LogP contribution in [-0.4, -0.2) is 63.3 Å². The van der Waals surface area contributed by atoms with E-state index in [2.05, 4.69) is 120 Å². The van der Waals surface area contributed by atoms with Crippen LogP contribution in [0.1, 0.15) is 51.6 Å². The highest BCUT2D eigenvalue weighted by Gasteiger charge is 2.45. The third-order valence-corrected chi connectivity index (χ3v) is 10.5. The number of rotatable bonds is 7. The van der Waals surface area contributed by atoms with Crippen LogP contribution in [0.2, 0.25) is 0 Å². The number of aryl methyl sites for hydroxylation is 1. The Morgan fingerprint density at radius 1 is 0.673 bits per heavy atom. The fourth-order valence-electron chi connectivity index (χ4n) is 8.14. The summed E-state index contributed by atoms with van der Waals surface area (Å²) in [5.74, 6) is -0.108. The molecule has 0 N–H and O–H groups in total. The Balaban J connectivity index is 1.13. The van der Waals surface area contributed by atoms with Gasteiger partial charge in [-0.1, -0.05) is 127 Å². The smallest absolute Gasteiger partial charge is 0.255 e. The normalized spacial score (nSPS) is 17.1. The lowest BCUT2D eigenvalue weighted by Crippen LogP contribution is -2.55. The Bertz CT molecular complexity index is 2080.